The van der Waals surface area contributed by atoms with Crippen LogP contribution < -0.4 is 0 Å². The lowest BCUT2D eigenvalue weighted by Gasteiger charge is -2.21. The standard InChI is InChI=1S/C26H25N3OS3/c1-2-32-22-14-12-18(13-15-22)24-19(17-28(27-24)20-8-4-3-5-9-20)16-23-25(30)29(26(31)33-23)21-10-6-7-11-21/h3-5,8-9,12-17,21H,2,6-7,10-11H2,1H3/b23-16-. The molecule has 2 heterocycles. The molecule has 0 N–H and O–H groups in total. The second-order valence-corrected chi connectivity index (χ2v) is 11.2. The Morgan fingerprint density at radius 2 is 1.85 bits per heavy atom. The van der Waals surface area contributed by atoms with Crippen molar-refractivity contribution in [3.8, 4) is 16.9 Å². The van der Waals surface area contributed by atoms with Gasteiger partial charge in [-0.3, -0.25) is 9.69 Å². The van der Waals surface area contributed by atoms with Crippen LogP contribution in [-0.2, 0) is 4.79 Å². The second kappa shape index (κ2) is 9.87. The van der Waals surface area contributed by atoms with Crippen LogP contribution in [0.4, 0.5) is 0 Å². The lowest BCUT2D eigenvalue weighted by Crippen LogP contribution is -2.36. The van der Waals surface area contributed by atoms with Gasteiger partial charge in [-0.25, -0.2) is 4.68 Å². The van der Waals surface area contributed by atoms with Gasteiger partial charge in [0.05, 0.1) is 16.3 Å². The number of carbonyl (C=O) groups excluding carboxylic acids is 1. The number of carbonyl (C=O) groups is 1. The highest BCUT2D eigenvalue weighted by Gasteiger charge is 2.38. The molecule has 2 fully saturated rings. The number of aromatic nitrogens is 2. The fourth-order valence-corrected chi connectivity index (χ4v) is 6.46. The minimum Gasteiger partial charge on any atom is -0.290 e. The molecule has 33 heavy (non-hydrogen) atoms. The summed E-state index contributed by atoms with van der Waals surface area (Å²) in [6.45, 7) is 2.15. The van der Waals surface area contributed by atoms with Crippen LogP contribution in [0.15, 0.2) is 70.6 Å². The summed E-state index contributed by atoms with van der Waals surface area (Å²) in [6.07, 6.45) is 8.38. The molecule has 0 spiro atoms. The van der Waals surface area contributed by atoms with E-state index in [0.717, 1.165) is 41.1 Å². The fraction of sp³-hybridized carbons (Fsp3) is 0.269. The quantitative estimate of drug-likeness (QED) is 0.215. The SMILES string of the molecule is CCSc1ccc(-c2nn(-c3ccccc3)cc2/C=C2\SC(=S)N(C3CCCC3)C2=O)cc1. The largest absolute Gasteiger partial charge is 0.290 e. The molecule has 4 nitrogen and oxygen atoms in total. The van der Waals surface area contributed by atoms with Crippen LogP contribution in [0, 0.1) is 0 Å². The zero-order chi connectivity index (χ0) is 22.8. The smallest absolute Gasteiger partial charge is 0.266 e. The van der Waals surface area contributed by atoms with E-state index >= 15 is 0 Å². The number of hydrogen-bond donors (Lipinski definition) is 0. The van der Waals surface area contributed by atoms with E-state index < -0.39 is 0 Å². The summed E-state index contributed by atoms with van der Waals surface area (Å²) in [5.74, 6) is 1.07. The Hall–Kier alpha value is -2.35. The summed E-state index contributed by atoms with van der Waals surface area (Å²) < 4.78 is 2.56. The molecule has 1 aliphatic heterocycles. The van der Waals surface area contributed by atoms with E-state index in [1.54, 1.807) is 0 Å². The number of para-hydroxylation sites is 1. The molecule has 168 valence electrons. The van der Waals surface area contributed by atoms with Crippen molar-refractivity contribution in [1.29, 1.82) is 0 Å². The molecular formula is C26H25N3OS3. The molecule has 5 rings (SSSR count). The van der Waals surface area contributed by atoms with Gasteiger partial charge in [0.2, 0.25) is 0 Å². The van der Waals surface area contributed by atoms with E-state index in [2.05, 4.69) is 31.2 Å². The van der Waals surface area contributed by atoms with Crippen LogP contribution in [-0.4, -0.2) is 36.7 Å². The van der Waals surface area contributed by atoms with Crippen LogP contribution in [0.2, 0.25) is 0 Å². The summed E-state index contributed by atoms with van der Waals surface area (Å²) in [7, 11) is 0. The highest BCUT2D eigenvalue weighted by molar-refractivity contribution is 8.26. The molecule has 1 amide bonds. The number of amides is 1. The lowest BCUT2D eigenvalue weighted by atomic mass is 10.1. The Bertz CT molecular complexity index is 1200. The van der Waals surface area contributed by atoms with Crippen LogP contribution in [0.5, 0.6) is 0 Å². The minimum absolute atomic E-state index is 0.0324. The zero-order valence-electron chi connectivity index (χ0n) is 18.4. The summed E-state index contributed by atoms with van der Waals surface area (Å²) in [5.41, 5.74) is 3.79. The molecule has 0 unspecified atom stereocenters. The van der Waals surface area contributed by atoms with Gasteiger partial charge in [0, 0.05) is 28.3 Å². The number of nitrogens with zero attached hydrogens (tertiary/aromatic N) is 3. The Labute approximate surface area is 208 Å². The van der Waals surface area contributed by atoms with Gasteiger partial charge in [0.25, 0.3) is 5.91 Å². The van der Waals surface area contributed by atoms with Crippen molar-refractivity contribution < 1.29 is 4.79 Å². The Kier molecular flexibility index (Phi) is 6.71. The first-order chi connectivity index (χ1) is 16.1. The molecule has 0 atom stereocenters. The first-order valence-corrected chi connectivity index (χ1v) is 13.5. The average Bonchev–Trinajstić information content (AvgIpc) is 3.56. The van der Waals surface area contributed by atoms with E-state index in [1.165, 1.54) is 29.5 Å². The van der Waals surface area contributed by atoms with Gasteiger partial charge < -0.3 is 0 Å². The number of benzene rings is 2. The van der Waals surface area contributed by atoms with Gasteiger partial charge in [-0.15, -0.1) is 11.8 Å². The highest BCUT2D eigenvalue weighted by atomic mass is 32.2. The Balaban J connectivity index is 1.54. The van der Waals surface area contributed by atoms with Gasteiger partial charge >= 0.3 is 0 Å². The number of thiocarbonyl (C=S) groups is 1. The minimum atomic E-state index is 0.0324. The third-order valence-electron chi connectivity index (χ3n) is 6.00. The van der Waals surface area contributed by atoms with Gasteiger partial charge in [-0.2, -0.15) is 5.10 Å². The Morgan fingerprint density at radius 1 is 1.12 bits per heavy atom. The summed E-state index contributed by atoms with van der Waals surface area (Å²) >= 11 is 8.83. The van der Waals surface area contributed by atoms with Crippen LogP contribution >= 0.6 is 35.7 Å². The van der Waals surface area contributed by atoms with Gasteiger partial charge in [0.15, 0.2) is 0 Å². The predicted molar refractivity (Wildman–Crippen MR) is 143 cm³/mol. The molecule has 1 saturated carbocycles. The van der Waals surface area contributed by atoms with Gasteiger partial charge in [0.1, 0.15) is 4.32 Å². The van der Waals surface area contributed by atoms with E-state index in [9.17, 15) is 4.79 Å². The van der Waals surface area contributed by atoms with E-state index in [1.807, 2.05) is 63.9 Å². The maximum absolute atomic E-state index is 13.3. The normalized spacial score (nSPS) is 18.1. The summed E-state index contributed by atoms with van der Waals surface area (Å²) in [4.78, 5) is 17.0. The number of hydrogen-bond acceptors (Lipinski definition) is 5. The third kappa shape index (κ3) is 4.67. The molecule has 2 aromatic carbocycles. The topological polar surface area (TPSA) is 38.1 Å². The summed E-state index contributed by atoms with van der Waals surface area (Å²) in [6, 6.07) is 18.8. The molecule has 3 aromatic rings. The molecule has 1 saturated heterocycles. The van der Waals surface area contributed by atoms with E-state index in [0.29, 0.717) is 9.23 Å². The first kappa shape index (κ1) is 22.4. The van der Waals surface area contributed by atoms with Crippen molar-refractivity contribution in [3.63, 3.8) is 0 Å². The van der Waals surface area contributed by atoms with Crippen LogP contribution in [0.3, 0.4) is 0 Å². The van der Waals surface area contributed by atoms with Crippen molar-refractivity contribution in [2.24, 2.45) is 0 Å². The molecule has 0 radical (unpaired) electrons. The van der Waals surface area contributed by atoms with Crippen LogP contribution in [0.1, 0.15) is 38.2 Å². The maximum atomic E-state index is 13.3. The number of thioether (sulfide) groups is 2. The monoisotopic (exact) mass is 491 g/mol. The van der Waals surface area contributed by atoms with E-state index in [4.69, 9.17) is 17.3 Å². The molecule has 1 aromatic heterocycles. The fourth-order valence-electron chi connectivity index (χ4n) is 4.40. The van der Waals surface area contributed by atoms with Gasteiger partial charge in [-0.05, 0) is 48.9 Å². The van der Waals surface area contributed by atoms with Crippen molar-refractivity contribution in [1.82, 2.24) is 14.7 Å². The van der Waals surface area contributed by atoms with Crippen molar-refractivity contribution in [2.75, 3.05) is 5.75 Å². The Morgan fingerprint density at radius 3 is 2.55 bits per heavy atom. The molecule has 7 heteroatoms. The first-order valence-electron chi connectivity index (χ1n) is 11.3. The zero-order valence-corrected chi connectivity index (χ0v) is 20.9. The van der Waals surface area contributed by atoms with Crippen molar-refractivity contribution in [3.05, 3.63) is 71.3 Å². The number of rotatable bonds is 6. The molecule has 2 aliphatic rings. The van der Waals surface area contributed by atoms with Crippen molar-refractivity contribution >= 4 is 52.0 Å². The third-order valence-corrected chi connectivity index (χ3v) is 8.23. The molecule has 1 aliphatic carbocycles. The molecule has 0 bridgehead atoms. The van der Waals surface area contributed by atoms with Gasteiger partial charge in [-0.1, -0.05) is 74.1 Å². The van der Waals surface area contributed by atoms with E-state index in [-0.39, 0.29) is 11.9 Å². The average molecular weight is 492 g/mol. The predicted octanol–water partition coefficient (Wildman–Crippen LogP) is 6.80. The second-order valence-electron chi connectivity index (χ2n) is 8.16. The summed E-state index contributed by atoms with van der Waals surface area (Å²) in [5, 5.41) is 4.91. The molecular weight excluding hydrogens is 467 g/mol. The maximum Gasteiger partial charge on any atom is 0.266 e. The lowest BCUT2D eigenvalue weighted by molar-refractivity contribution is -0.123. The van der Waals surface area contributed by atoms with Crippen LogP contribution in [0.25, 0.3) is 23.0 Å². The van der Waals surface area contributed by atoms with Crippen molar-refractivity contribution in [2.45, 2.75) is 43.5 Å². The highest BCUT2D eigenvalue weighted by Crippen LogP contribution is 2.39.